The van der Waals surface area contributed by atoms with Crippen LogP contribution in [0, 0.1) is 12.9 Å². The van der Waals surface area contributed by atoms with Crippen molar-refractivity contribution in [1.82, 2.24) is 14.5 Å². The van der Waals surface area contributed by atoms with Crippen LogP contribution in [-0.4, -0.2) is 19.6 Å². The maximum Gasteiger partial charge on any atom is 0.148 e. The fourth-order valence-corrected chi connectivity index (χ4v) is 7.69. The summed E-state index contributed by atoms with van der Waals surface area (Å²) in [6.45, 7) is 18.1. The summed E-state index contributed by atoms with van der Waals surface area (Å²) in [4.78, 5) is 9.94. The van der Waals surface area contributed by atoms with Crippen molar-refractivity contribution in [3.8, 4) is 67.5 Å². The molecule has 5 heteroatoms. The largest absolute Gasteiger partial charge is 0.507 e. The summed E-state index contributed by atoms with van der Waals surface area (Å²) in [7, 11) is 0. The summed E-state index contributed by atoms with van der Waals surface area (Å²) < 4.78 is 88.2. The van der Waals surface area contributed by atoms with E-state index < -0.39 is 65.8 Å². The second-order valence-electron chi connectivity index (χ2n) is 18.5. The first-order chi connectivity index (χ1) is 33.1. The van der Waals surface area contributed by atoms with E-state index in [-0.39, 0.29) is 60.9 Å². The van der Waals surface area contributed by atoms with Crippen LogP contribution in [0.5, 0.6) is 5.75 Å². The van der Waals surface area contributed by atoms with Gasteiger partial charge in [0.2, 0.25) is 0 Å². The predicted octanol–water partition coefficient (Wildman–Crippen LogP) is 15.4. The topological polar surface area (TPSA) is 50.9 Å². The summed E-state index contributed by atoms with van der Waals surface area (Å²) in [5.74, 6) is 0.806. The average molecular weight is 1010 g/mol. The third-order valence-corrected chi connectivity index (χ3v) is 11.3. The minimum absolute atomic E-state index is 0. The summed E-state index contributed by atoms with van der Waals surface area (Å²) in [5.41, 5.74) is 7.67. The fourth-order valence-electron chi connectivity index (χ4n) is 7.69. The second-order valence-corrected chi connectivity index (χ2v) is 18.5. The Morgan fingerprint density at radius 3 is 2.05 bits per heavy atom. The smallest absolute Gasteiger partial charge is 0.148 e. The van der Waals surface area contributed by atoms with E-state index in [0.29, 0.717) is 28.0 Å². The van der Waals surface area contributed by atoms with Crippen LogP contribution in [0.15, 0.2) is 133 Å². The normalized spacial score (nSPS) is 14.5. The summed E-state index contributed by atoms with van der Waals surface area (Å²) >= 11 is 0. The monoisotopic (exact) mass is 1010 g/mol. The molecular weight excluding hydrogens is 938 g/mol. The average Bonchev–Trinajstić information content (AvgIpc) is 3.69. The number of rotatable bonds is 8. The van der Waals surface area contributed by atoms with E-state index in [1.165, 1.54) is 0 Å². The van der Waals surface area contributed by atoms with E-state index in [4.69, 9.17) is 17.3 Å². The van der Waals surface area contributed by atoms with E-state index in [0.717, 1.165) is 44.6 Å². The number of phenols is 1. The number of pyridine rings is 1. The van der Waals surface area contributed by atoms with Crippen molar-refractivity contribution in [2.75, 3.05) is 0 Å². The standard InChI is InChI=1S/C57H58N3O.Pt/c1-35(2)41-31-47(36(3)4)54(61)49(32-41)55-59-53-46(18-15-19-52(53)60(55)51-25-24-44(56(6,7)8)34-48(51)39-16-13-12-14-17-39)42-28-43(30-45(29-42)57(9,10)11)50-33-40(26-27-58-50)38-22-20-37(5)21-23-38;/h12-27,29-36,61H,1-11H3;/q-1;/i5D3,20D,21D,22D,23D,26D,27D,33D;. The number of hydrogen-bond acceptors (Lipinski definition) is 3. The van der Waals surface area contributed by atoms with Gasteiger partial charge in [-0.1, -0.05) is 171 Å². The van der Waals surface area contributed by atoms with Crippen LogP contribution in [0.3, 0.4) is 0 Å². The predicted molar refractivity (Wildman–Crippen MR) is 257 cm³/mol. The number of imidazole rings is 1. The number of hydrogen-bond donors (Lipinski definition) is 1. The maximum absolute atomic E-state index is 12.3. The zero-order valence-electron chi connectivity index (χ0n) is 46.9. The van der Waals surface area contributed by atoms with Crippen molar-refractivity contribution in [2.24, 2.45) is 0 Å². The van der Waals surface area contributed by atoms with Gasteiger partial charge in [-0.2, -0.15) is 0 Å². The van der Waals surface area contributed by atoms with Crippen molar-refractivity contribution in [2.45, 2.75) is 98.8 Å². The molecule has 0 saturated heterocycles. The molecule has 318 valence electrons. The molecule has 1 N–H and O–H groups in total. The first-order valence-corrected chi connectivity index (χ1v) is 20.9. The first-order valence-electron chi connectivity index (χ1n) is 25.9. The molecule has 4 nitrogen and oxygen atoms in total. The van der Waals surface area contributed by atoms with E-state index >= 15 is 0 Å². The van der Waals surface area contributed by atoms with Gasteiger partial charge in [0.15, 0.2) is 0 Å². The molecular formula is C57H58N3OPt-. The number of fused-ring (bicyclic) bond motifs is 1. The Morgan fingerprint density at radius 1 is 0.677 bits per heavy atom. The van der Waals surface area contributed by atoms with Gasteiger partial charge in [-0.15, -0.1) is 29.3 Å². The Bertz CT molecular complexity index is 3390. The van der Waals surface area contributed by atoms with Crippen molar-refractivity contribution in [1.29, 1.82) is 0 Å². The molecule has 0 aliphatic rings. The number of aromatic nitrogens is 3. The number of nitrogens with zero attached hydrogens (tertiary/aromatic N) is 3. The quantitative estimate of drug-likeness (QED) is 0.154. The van der Waals surface area contributed by atoms with Gasteiger partial charge in [-0.05, 0) is 93.2 Å². The zero-order valence-corrected chi connectivity index (χ0v) is 39.2. The van der Waals surface area contributed by atoms with Gasteiger partial charge in [0.1, 0.15) is 11.6 Å². The van der Waals surface area contributed by atoms with Crippen molar-refractivity contribution < 1.29 is 39.9 Å². The molecule has 8 aromatic rings. The minimum atomic E-state index is -2.97. The molecule has 0 saturated carbocycles. The van der Waals surface area contributed by atoms with Gasteiger partial charge in [-0.25, -0.2) is 4.98 Å². The van der Waals surface area contributed by atoms with Gasteiger partial charge in [0, 0.05) is 42.6 Å². The van der Waals surface area contributed by atoms with Crippen LogP contribution in [0.2, 0.25) is 0 Å². The van der Waals surface area contributed by atoms with Crippen LogP contribution >= 0.6 is 0 Å². The number of para-hydroxylation sites is 1. The van der Waals surface area contributed by atoms with E-state index in [1.807, 2.05) is 69.3 Å². The SMILES string of the molecule is [2H]c1nc(-c2[c-]c(-c3cccc4c3nc(-c3cc(C(C)C)cc(C(C)C)c3O)n4-c3ccc(C(C)(C)C)cc3-c3ccccc3)cc(C(C)(C)C)c2)c([2H])c(-c2c([2H])c([2H])c(C([2H])([2H])[2H])c([2H])c2[2H])c1[2H].[Pt]. The van der Waals surface area contributed by atoms with Crippen LogP contribution in [-0.2, 0) is 31.9 Å². The molecule has 0 amide bonds. The summed E-state index contributed by atoms with van der Waals surface area (Å²) in [5, 5.41) is 12.3. The molecule has 0 radical (unpaired) electrons. The van der Waals surface area contributed by atoms with Crippen molar-refractivity contribution in [3.05, 3.63) is 167 Å². The number of phenolic OH excluding ortho intramolecular Hbond substituents is 1. The van der Waals surface area contributed by atoms with Crippen LogP contribution in [0.4, 0.5) is 0 Å². The van der Waals surface area contributed by atoms with Crippen molar-refractivity contribution in [3.63, 3.8) is 0 Å². The minimum Gasteiger partial charge on any atom is -0.507 e. The molecule has 2 aromatic heterocycles. The first kappa shape index (κ1) is 33.0. The second kappa shape index (κ2) is 17.3. The molecule has 0 aliphatic carbocycles. The van der Waals surface area contributed by atoms with Crippen LogP contribution in [0.25, 0.3) is 72.7 Å². The van der Waals surface area contributed by atoms with Gasteiger partial charge in [0.05, 0.1) is 31.9 Å². The Balaban J connectivity index is 0.00000760. The molecule has 0 spiro atoms. The summed E-state index contributed by atoms with van der Waals surface area (Å²) in [6.07, 6.45) is -0.583. The van der Waals surface area contributed by atoms with E-state index in [1.54, 1.807) is 6.07 Å². The third kappa shape index (κ3) is 8.73. The van der Waals surface area contributed by atoms with Crippen molar-refractivity contribution >= 4 is 11.0 Å². The van der Waals surface area contributed by atoms with Gasteiger partial charge in [-0.3, -0.25) is 9.55 Å². The molecule has 0 atom stereocenters. The Morgan fingerprint density at radius 2 is 1.39 bits per heavy atom. The maximum atomic E-state index is 12.3. The molecule has 0 fully saturated rings. The molecule has 0 unspecified atom stereocenters. The van der Waals surface area contributed by atoms with Gasteiger partial charge in [0.25, 0.3) is 0 Å². The van der Waals surface area contributed by atoms with E-state index in [2.05, 4.69) is 100 Å². The molecule has 6 aromatic carbocycles. The Kier molecular flexibility index (Phi) is 9.22. The third-order valence-electron chi connectivity index (χ3n) is 11.3. The molecule has 2 heterocycles. The van der Waals surface area contributed by atoms with Gasteiger partial charge >= 0.3 is 0 Å². The number of benzene rings is 6. The summed E-state index contributed by atoms with van der Waals surface area (Å²) in [6, 6.07) is 29.8. The molecule has 8 rings (SSSR count). The van der Waals surface area contributed by atoms with E-state index in [9.17, 15) is 6.48 Å². The Hall–Kier alpha value is -5.57. The van der Waals surface area contributed by atoms with Crippen LogP contribution < -0.4 is 0 Å². The fraction of sp³-hybridized carbons (Fsp3) is 0.263. The molecule has 0 bridgehead atoms. The van der Waals surface area contributed by atoms with Gasteiger partial charge < -0.3 is 5.11 Å². The van der Waals surface area contributed by atoms with Crippen LogP contribution in [0.1, 0.15) is 123 Å². The molecule has 62 heavy (non-hydrogen) atoms. The zero-order chi connectivity index (χ0) is 52.0. The Labute approximate surface area is 397 Å². The molecule has 0 aliphatic heterocycles. The number of aromatic hydroxyl groups is 1.